The van der Waals surface area contributed by atoms with E-state index in [-0.39, 0.29) is 12.3 Å². The lowest BCUT2D eigenvalue weighted by Crippen LogP contribution is -2.33. The number of carboxylic acids is 1. The third-order valence-corrected chi connectivity index (χ3v) is 4.07. The molecule has 1 saturated heterocycles. The Morgan fingerprint density at radius 1 is 1.24 bits per heavy atom. The van der Waals surface area contributed by atoms with E-state index in [4.69, 9.17) is 5.11 Å². The summed E-state index contributed by atoms with van der Waals surface area (Å²) in [4.78, 5) is 25.1. The average molecular weight is 289 g/mol. The van der Waals surface area contributed by atoms with Crippen molar-refractivity contribution in [2.24, 2.45) is 5.41 Å². The van der Waals surface area contributed by atoms with Crippen LogP contribution in [0.15, 0.2) is 30.3 Å². The number of carbonyl (C=O) groups excluding carboxylic acids is 1. The van der Waals surface area contributed by atoms with E-state index in [1.807, 2.05) is 36.9 Å². The molecule has 1 atom stereocenters. The molecule has 1 aliphatic rings. The molecule has 1 heterocycles. The molecule has 1 unspecified atom stereocenters. The molecule has 1 aromatic carbocycles. The summed E-state index contributed by atoms with van der Waals surface area (Å²) in [5.74, 6) is -0.381. The lowest BCUT2D eigenvalue weighted by Gasteiger charge is -2.25. The minimum atomic E-state index is -0.851. The lowest BCUT2D eigenvalue weighted by molar-refractivity contribution is -0.140. The second-order valence-corrected chi connectivity index (χ2v) is 6.65. The number of hydrogen-bond donors (Lipinski definition) is 1. The van der Waals surface area contributed by atoms with Gasteiger partial charge in [0.1, 0.15) is 0 Å². The van der Waals surface area contributed by atoms with E-state index in [9.17, 15) is 9.59 Å². The Morgan fingerprint density at radius 3 is 2.52 bits per heavy atom. The van der Waals surface area contributed by atoms with E-state index in [1.54, 1.807) is 0 Å². The summed E-state index contributed by atoms with van der Waals surface area (Å²) in [6.07, 6.45) is 1.30. The highest BCUT2D eigenvalue weighted by atomic mass is 16.4. The van der Waals surface area contributed by atoms with Crippen LogP contribution >= 0.6 is 0 Å². The first-order valence-corrected chi connectivity index (χ1v) is 7.42. The van der Waals surface area contributed by atoms with Crippen molar-refractivity contribution in [2.45, 2.75) is 39.0 Å². The van der Waals surface area contributed by atoms with Crippen LogP contribution in [0.3, 0.4) is 0 Å². The molecular weight excluding hydrogens is 266 g/mol. The molecule has 4 nitrogen and oxygen atoms in total. The fourth-order valence-corrected chi connectivity index (χ4v) is 2.98. The molecular formula is C17H23NO3. The monoisotopic (exact) mass is 289 g/mol. The SMILES string of the molecule is CC(C)(CC(=O)O)CC(=O)N1CCC(c2ccccc2)C1. The van der Waals surface area contributed by atoms with E-state index >= 15 is 0 Å². The van der Waals surface area contributed by atoms with Crippen molar-refractivity contribution in [2.75, 3.05) is 13.1 Å². The van der Waals surface area contributed by atoms with Crippen molar-refractivity contribution >= 4 is 11.9 Å². The molecule has 1 N–H and O–H groups in total. The summed E-state index contributed by atoms with van der Waals surface area (Å²) in [5.41, 5.74) is 0.783. The third kappa shape index (κ3) is 4.31. The number of rotatable bonds is 5. The highest BCUT2D eigenvalue weighted by molar-refractivity contribution is 5.78. The number of carboxylic acid groups (broad SMARTS) is 1. The smallest absolute Gasteiger partial charge is 0.303 e. The van der Waals surface area contributed by atoms with Crippen LogP contribution in [-0.4, -0.2) is 35.0 Å². The molecule has 0 spiro atoms. The van der Waals surface area contributed by atoms with Gasteiger partial charge in [-0.25, -0.2) is 0 Å². The number of hydrogen-bond acceptors (Lipinski definition) is 2. The van der Waals surface area contributed by atoms with Crippen LogP contribution < -0.4 is 0 Å². The first-order valence-electron chi connectivity index (χ1n) is 7.42. The van der Waals surface area contributed by atoms with Gasteiger partial charge in [0.15, 0.2) is 0 Å². The van der Waals surface area contributed by atoms with Gasteiger partial charge in [0.05, 0.1) is 6.42 Å². The van der Waals surface area contributed by atoms with E-state index in [2.05, 4.69) is 12.1 Å². The van der Waals surface area contributed by atoms with Crippen LogP contribution in [0.5, 0.6) is 0 Å². The van der Waals surface area contributed by atoms with Gasteiger partial charge in [-0.05, 0) is 17.4 Å². The Kier molecular flexibility index (Phi) is 4.66. The topological polar surface area (TPSA) is 57.6 Å². The van der Waals surface area contributed by atoms with Crippen LogP contribution in [0.4, 0.5) is 0 Å². The van der Waals surface area contributed by atoms with Gasteiger partial charge in [0.2, 0.25) is 5.91 Å². The molecule has 114 valence electrons. The fourth-order valence-electron chi connectivity index (χ4n) is 2.98. The minimum Gasteiger partial charge on any atom is -0.481 e. The molecule has 0 aromatic heterocycles. The molecule has 0 bridgehead atoms. The Bertz CT molecular complexity index is 510. The predicted octanol–water partition coefficient (Wildman–Crippen LogP) is 2.89. The lowest BCUT2D eigenvalue weighted by atomic mass is 9.85. The summed E-state index contributed by atoms with van der Waals surface area (Å²) in [6, 6.07) is 10.3. The summed E-state index contributed by atoms with van der Waals surface area (Å²) in [6.45, 7) is 5.18. The van der Waals surface area contributed by atoms with Gasteiger partial charge in [-0.15, -0.1) is 0 Å². The number of likely N-dealkylation sites (tertiary alicyclic amines) is 1. The summed E-state index contributed by atoms with van der Waals surface area (Å²) in [5, 5.41) is 8.89. The maximum atomic E-state index is 12.4. The Labute approximate surface area is 125 Å². The molecule has 0 aliphatic carbocycles. The Morgan fingerprint density at radius 2 is 1.90 bits per heavy atom. The minimum absolute atomic E-state index is 0.0225. The second-order valence-electron chi connectivity index (χ2n) is 6.65. The van der Waals surface area contributed by atoms with Gasteiger partial charge in [0, 0.05) is 25.4 Å². The first kappa shape index (κ1) is 15.5. The van der Waals surface area contributed by atoms with Crippen LogP contribution in [0.1, 0.15) is 44.6 Å². The number of benzene rings is 1. The summed E-state index contributed by atoms with van der Waals surface area (Å²) in [7, 11) is 0. The largest absolute Gasteiger partial charge is 0.481 e. The van der Waals surface area contributed by atoms with Crippen LogP contribution in [0, 0.1) is 5.41 Å². The zero-order valence-corrected chi connectivity index (χ0v) is 12.7. The van der Waals surface area contributed by atoms with Gasteiger partial charge in [0.25, 0.3) is 0 Å². The van der Waals surface area contributed by atoms with Gasteiger partial charge in [-0.1, -0.05) is 44.2 Å². The molecule has 2 rings (SSSR count). The molecule has 1 amide bonds. The Balaban J connectivity index is 1.92. The molecule has 1 fully saturated rings. The van der Waals surface area contributed by atoms with Gasteiger partial charge >= 0.3 is 5.97 Å². The van der Waals surface area contributed by atoms with Crippen LogP contribution in [-0.2, 0) is 9.59 Å². The normalized spacial score (nSPS) is 18.8. The first-order chi connectivity index (χ1) is 9.87. The summed E-state index contributed by atoms with van der Waals surface area (Å²) < 4.78 is 0. The predicted molar refractivity (Wildman–Crippen MR) is 81.0 cm³/mol. The maximum absolute atomic E-state index is 12.4. The van der Waals surface area contributed by atoms with Crippen molar-refractivity contribution in [1.82, 2.24) is 4.90 Å². The molecule has 21 heavy (non-hydrogen) atoms. The molecule has 4 heteroatoms. The van der Waals surface area contributed by atoms with Gasteiger partial charge in [-0.2, -0.15) is 0 Å². The highest BCUT2D eigenvalue weighted by Crippen LogP contribution is 2.31. The van der Waals surface area contributed by atoms with E-state index in [0.29, 0.717) is 12.3 Å². The standard InChI is InChI=1S/C17H23NO3/c1-17(2,11-16(20)21)10-15(19)18-9-8-14(12-18)13-6-4-3-5-7-13/h3-7,14H,8-12H2,1-2H3,(H,20,21). The quantitative estimate of drug-likeness (QED) is 0.906. The van der Waals surface area contributed by atoms with Crippen molar-refractivity contribution in [3.8, 4) is 0 Å². The molecule has 0 saturated carbocycles. The highest BCUT2D eigenvalue weighted by Gasteiger charge is 2.31. The number of amides is 1. The fraction of sp³-hybridized carbons (Fsp3) is 0.529. The van der Waals surface area contributed by atoms with E-state index in [0.717, 1.165) is 19.5 Å². The maximum Gasteiger partial charge on any atom is 0.303 e. The molecule has 1 aromatic rings. The van der Waals surface area contributed by atoms with E-state index in [1.165, 1.54) is 5.56 Å². The number of nitrogens with zero attached hydrogens (tertiary/aromatic N) is 1. The van der Waals surface area contributed by atoms with Gasteiger partial charge in [-0.3, -0.25) is 9.59 Å². The van der Waals surface area contributed by atoms with Gasteiger partial charge < -0.3 is 10.0 Å². The average Bonchev–Trinajstić information content (AvgIpc) is 2.87. The van der Waals surface area contributed by atoms with Crippen LogP contribution in [0.25, 0.3) is 0 Å². The Hall–Kier alpha value is -1.84. The van der Waals surface area contributed by atoms with Crippen molar-refractivity contribution in [3.63, 3.8) is 0 Å². The third-order valence-electron chi connectivity index (χ3n) is 4.07. The summed E-state index contributed by atoms with van der Waals surface area (Å²) >= 11 is 0. The van der Waals surface area contributed by atoms with E-state index < -0.39 is 11.4 Å². The number of aliphatic carboxylic acids is 1. The van der Waals surface area contributed by atoms with Crippen molar-refractivity contribution < 1.29 is 14.7 Å². The zero-order chi connectivity index (χ0) is 15.5. The second kappa shape index (κ2) is 6.29. The molecule has 1 aliphatic heterocycles. The zero-order valence-electron chi connectivity index (χ0n) is 12.7. The molecule has 0 radical (unpaired) electrons. The van der Waals surface area contributed by atoms with Crippen molar-refractivity contribution in [1.29, 1.82) is 0 Å². The van der Waals surface area contributed by atoms with Crippen molar-refractivity contribution in [3.05, 3.63) is 35.9 Å². The van der Waals surface area contributed by atoms with Crippen LogP contribution in [0.2, 0.25) is 0 Å². The number of carbonyl (C=O) groups is 2.